The van der Waals surface area contributed by atoms with E-state index in [9.17, 15) is 8.42 Å². The van der Waals surface area contributed by atoms with Gasteiger partial charge in [0.1, 0.15) is 0 Å². The third kappa shape index (κ3) is 4.39. The van der Waals surface area contributed by atoms with Gasteiger partial charge in [-0.05, 0) is 18.1 Å². The van der Waals surface area contributed by atoms with Crippen molar-refractivity contribution in [3.8, 4) is 11.3 Å². The predicted octanol–water partition coefficient (Wildman–Crippen LogP) is 4.97. The first kappa shape index (κ1) is 17.9. The molecule has 0 spiro atoms. The predicted molar refractivity (Wildman–Crippen MR) is 105 cm³/mol. The summed E-state index contributed by atoms with van der Waals surface area (Å²) in [6.07, 6.45) is 0.786. The topological polar surface area (TPSA) is 59.1 Å². The maximum Gasteiger partial charge on any atom is 0.238 e. The summed E-state index contributed by atoms with van der Waals surface area (Å²) in [4.78, 5) is 5.54. The van der Waals surface area contributed by atoms with Gasteiger partial charge in [-0.3, -0.25) is 4.72 Å². The summed E-state index contributed by atoms with van der Waals surface area (Å²) < 4.78 is 27.5. The van der Waals surface area contributed by atoms with Gasteiger partial charge in [0.2, 0.25) is 10.0 Å². The average Bonchev–Trinajstić information content (AvgIpc) is 2.99. The van der Waals surface area contributed by atoms with E-state index in [0.717, 1.165) is 22.6 Å². The van der Waals surface area contributed by atoms with Crippen LogP contribution in [0.2, 0.25) is 5.02 Å². The van der Waals surface area contributed by atoms with Gasteiger partial charge in [-0.25, -0.2) is 13.4 Å². The van der Waals surface area contributed by atoms with Crippen molar-refractivity contribution in [1.29, 1.82) is 0 Å². The lowest BCUT2D eigenvalue weighted by Gasteiger charge is -2.06. The lowest BCUT2D eigenvalue weighted by molar-refractivity contribution is 0.600. The number of thiazole rings is 1. The van der Waals surface area contributed by atoms with Gasteiger partial charge in [0.05, 0.1) is 11.4 Å². The molecule has 0 amide bonds. The molecule has 4 nitrogen and oxygen atoms in total. The van der Waals surface area contributed by atoms with Crippen LogP contribution in [0.25, 0.3) is 11.3 Å². The number of hydrogen-bond acceptors (Lipinski definition) is 4. The van der Waals surface area contributed by atoms with E-state index in [1.807, 2.05) is 37.3 Å². The van der Waals surface area contributed by atoms with E-state index in [0.29, 0.717) is 15.7 Å². The van der Waals surface area contributed by atoms with Crippen LogP contribution < -0.4 is 4.72 Å². The maximum absolute atomic E-state index is 12.5. The number of hydrogen-bond donors (Lipinski definition) is 1. The second-order valence-corrected chi connectivity index (χ2v) is 8.68. The minimum Gasteiger partial charge on any atom is -0.258 e. The zero-order valence-electron chi connectivity index (χ0n) is 13.6. The van der Waals surface area contributed by atoms with Crippen molar-refractivity contribution in [2.24, 2.45) is 0 Å². The van der Waals surface area contributed by atoms with E-state index in [1.165, 1.54) is 11.3 Å². The van der Waals surface area contributed by atoms with Gasteiger partial charge in [0.15, 0.2) is 5.13 Å². The average molecular weight is 393 g/mol. The van der Waals surface area contributed by atoms with Gasteiger partial charge >= 0.3 is 0 Å². The second kappa shape index (κ2) is 7.56. The third-order valence-electron chi connectivity index (χ3n) is 3.61. The zero-order valence-corrected chi connectivity index (χ0v) is 16.0. The first-order valence-corrected chi connectivity index (χ1v) is 10.6. The monoisotopic (exact) mass is 392 g/mol. The Morgan fingerprint density at radius 3 is 2.44 bits per heavy atom. The number of nitrogens with zero attached hydrogens (tertiary/aromatic N) is 1. The van der Waals surface area contributed by atoms with E-state index < -0.39 is 10.0 Å². The molecule has 0 atom stereocenters. The lowest BCUT2D eigenvalue weighted by atomic mass is 10.1. The molecular formula is C18H17ClN2O2S2. The molecule has 0 radical (unpaired) electrons. The molecule has 25 heavy (non-hydrogen) atoms. The van der Waals surface area contributed by atoms with Crippen LogP contribution in [0.4, 0.5) is 5.13 Å². The Bertz CT molecular complexity index is 970. The van der Waals surface area contributed by atoms with E-state index in [4.69, 9.17) is 11.6 Å². The second-order valence-electron chi connectivity index (χ2n) is 5.46. The van der Waals surface area contributed by atoms with Crippen molar-refractivity contribution >= 4 is 38.1 Å². The number of aryl methyl sites for hydroxylation is 1. The number of halogens is 1. The van der Waals surface area contributed by atoms with Crippen molar-refractivity contribution in [1.82, 2.24) is 4.98 Å². The van der Waals surface area contributed by atoms with Crippen molar-refractivity contribution < 1.29 is 8.42 Å². The van der Waals surface area contributed by atoms with Gasteiger partial charge < -0.3 is 0 Å². The molecule has 0 unspecified atom stereocenters. The molecular weight excluding hydrogens is 376 g/mol. The standard InChI is InChI=1S/C18H17ClN2O2S2/c1-2-16-17(13-8-4-3-5-9-13)20-18(24-16)21-25(22,23)12-14-10-6-7-11-15(14)19/h3-11H,2,12H2,1H3,(H,20,21). The Labute approximate surface area is 156 Å². The summed E-state index contributed by atoms with van der Waals surface area (Å²) in [5.74, 6) is -0.186. The molecule has 0 bridgehead atoms. The van der Waals surface area contributed by atoms with Crippen LogP contribution in [0.3, 0.4) is 0 Å². The van der Waals surface area contributed by atoms with E-state index in [2.05, 4.69) is 9.71 Å². The molecule has 1 heterocycles. The summed E-state index contributed by atoms with van der Waals surface area (Å²) >= 11 is 7.42. The van der Waals surface area contributed by atoms with Gasteiger partial charge in [-0.15, -0.1) is 11.3 Å². The molecule has 3 aromatic rings. The zero-order chi connectivity index (χ0) is 17.9. The Morgan fingerprint density at radius 1 is 1.08 bits per heavy atom. The summed E-state index contributed by atoms with van der Waals surface area (Å²) in [6.45, 7) is 2.03. The van der Waals surface area contributed by atoms with Gasteiger partial charge in [0, 0.05) is 15.5 Å². The maximum atomic E-state index is 12.5. The molecule has 0 saturated heterocycles. The minimum atomic E-state index is -3.59. The van der Waals surface area contributed by atoms with Gasteiger partial charge in [0.25, 0.3) is 0 Å². The number of anilines is 1. The van der Waals surface area contributed by atoms with Gasteiger partial charge in [-0.1, -0.05) is 67.1 Å². The van der Waals surface area contributed by atoms with Crippen LogP contribution in [0.1, 0.15) is 17.4 Å². The highest BCUT2D eigenvalue weighted by Gasteiger charge is 2.18. The van der Waals surface area contributed by atoms with E-state index >= 15 is 0 Å². The Morgan fingerprint density at radius 2 is 1.76 bits per heavy atom. The smallest absolute Gasteiger partial charge is 0.238 e. The van der Waals surface area contributed by atoms with Crippen molar-refractivity contribution in [2.75, 3.05) is 4.72 Å². The Balaban J connectivity index is 1.85. The fraction of sp³-hybridized carbons (Fsp3) is 0.167. The van der Waals surface area contributed by atoms with Crippen LogP contribution in [0.5, 0.6) is 0 Å². The Kier molecular flexibility index (Phi) is 5.42. The van der Waals surface area contributed by atoms with Crippen molar-refractivity contribution in [2.45, 2.75) is 19.1 Å². The van der Waals surface area contributed by atoms with Crippen LogP contribution >= 0.6 is 22.9 Å². The summed E-state index contributed by atoms with van der Waals surface area (Å²) in [5.41, 5.74) is 2.36. The number of nitrogens with one attached hydrogen (secondary N) is 1. The molecule has 0 aliphatic carbocycles. The van der Waals surface area contributed by atoms with Crippen LogP contribution in [-0.4, -0.2) is 13.4 Å². The molecule has 1 aromatic heterocycles. The molecule has 0 aliphatic heterocycles. The highest BCUT2D eigenvalue weighted by molar-refractivity contribution is 7.92. The molecule has 130 valence electrons. The molecule has 7 heteroatoms. The number of aromatic nitrogens is 1. The van der Waals surface area contributed by atoms with Crippen molar-refractivity contribution in [3.05, 3.63) is 70.1 Å². The fourth-order valence-corrected chi connectivity index (χ4v) is 5.10. The molecule has 0 fully saturated rings. The number of rotatable bonds is 6. The highest BCUT2D eigenvalue weighted by Crippen LogP contribution is 2.32. The first-order chi connectivity index (χ1) is 12.0. The lowest BCUT2D eigenvalue weighted by Crippen LogP contribution is -2.15. The summed E-state index contributed by atoms with van der Waals surface area (Å²) in [5, 5.41) is 0.814. The summed E-state index contributed by atoms with van der Waals surface area (Å²) in [6, 6.07) is 16.7. The number of sulfonamides is 1. The SMILES string of the molecule is CCc1sc(NS(=O)(=O)Cc2ccccc2Cl)nc1-c1ccccc1. The van der Waals surface area contributed by atoms with E-state index in [-0.39, 0.29) is 5.75 Å². The first-order valence-electron chi connectivity index (χ1n) is 7.77. The molecule has 3 rings (SSSR count). The summed E-state index contributed by atoms with van der Waals surface area (Å²) in [7, 11) is -3.59. The normalized spacial score (nSPS) is 11.4. The molecule has 2 aromatic carbocycles. The Hall–Kier alpha value is -1.89. The third-order valence-corrected chi connectivity index (χ3v) is 6.42. The number of benzene rings is 2. The fourth-order valence-electron chi connectivity index (χ4n) is 2.45. The molecule has 1 N–H and O–H groups in total. The largest absolute Gasteiger partial charge is 0.258 e. The molecule has 0 aliphatic rings. The van der Waals surface area contributed by atoms with Crippen LogP contribution in [-0.2, 0) is 22.2 Å². The quantitative estimate of drug-likeness (QED) is 0.644. The van der Waals surface area contributed by atoms with Gasteiger partial charge in [-0.2, -0.15) is 0 Å². The highest BCUT2D eigenvalue weighted by atomic mass is 35.5. The van der Waals surface area contributed by atoms with Crippen LogP contribution in [0, 0.1) is 0 Å². The molecule has 0 saturated carbocycles. The minimum absolute atomic E-state index is 0.186. The van der Waals surface area contributed by atoms with Crippen molar-refractivity contribution in [3.63, 3.8) is 0 Å². The van der Waals surface area contributed by atoms with Crippen LogP contribution in [0.15, 0.2) is 54.6 Å². The van der Waals surface area contributed by atoms with E-state index in [1.54, 1.807) is 24.3 Å².